The zero-order valence-electron chi connectivity index (χ0n) is 12.1. The van der Waals surface area contributed by atoms with E-state index in [2.05, 4.69) is 0 Å². The third-order valence-electron chi connectivity index (χ3n) is 3.69. The molecule has 3 amide bonds. The van der Waals surface area contributed by atoms with Crippen LogP contribution in [0, 0.1) is 0 Å². The molecule has 110 valence electrons. The van der Waals surface area contributed by atoms with Crippen molar-refractivity contribution < 1.29 is 19.8 Å². The summed E-state index contributed by atoms with van der Waals surface area (Å²) < 4.78 is 0. The molecule has 0 aromatic rings. The zero-order valence-corrected chi connectivity index (χ0v) is 12.1. The Morgan fingerprint density at radius 2 is 1.53 bits per heavy atom. The number of carbonyl (C=O) groups is 2. The number of rotatable bonds is 6. The first-order chi connectivity index (χ1) is 8.80. The van der Waals surface area contributed by atoms with E-state index < -0.39 is 23.8 Å². The van der Waals surface area contributed by atoms with Gasteiger partial charge in [-0.3, -0.25) is 9.69 Å². The van der Waals surface area contributed by atoms with Crippen molar-refractivity contribution in [1.29, 1.82) is 0 Å². The monoisotopic (exact) mass is 272 g/mol. The second-order valence-electron chi connectivity index (χ2n) is 5.25. The largest absolute Gasteiger partial charge is 0.392 e. The van der Waals surface area contributed by atoms with Gasteiger partial charge in [-0.2, -0.15) is 0 Å². The molecule has 0 aromatic carbocycles. The summed E-state index contributed by atoms with van der Waals surface area (Å²) in [4.78, 5) is 27.4. The van der Waals surface area contributed by atoms with Crippen LogP contribution in [0.4, 0.5) is 4.79 Å². The van der Waals surface area contributed by atoms with Crippen LogP contribution in [0.2, 0.25) is 0 Å². The van der Waals surface area contributed by atoms with Gasteiger partial charge >= 0.3 is 6.03 Å². The summed E-state index contributed by atoms with van der Waals surface area (Å²) in [5.41, 5.74) is -0.886. The molecule has 0 saturated carbocycles. The fourth-order valence-electron chi connectivity index (χ4n) is 2.66. The molecule has 1 saturated heterocycles. The minimum atomic E-state index is -0.886. The van der Waals surface area contributed by atoms with Crippen molar-refractivity contribution in [2.45, 2.75) is 58.3 Å². The van der Waals surface area contributed by atoms with Gasteiger partial charge in [0, 0.05) is 6.54 Å². The van der Waals surface area contributed by atoms with E-state index in [1.54, 1.807) is 6.92 Å². The maximum absolute atomic E-state index is 12.5. The fraction of sp³-hybridized carbons (Fsp3) is 0.846. The predicted octanol–water partition coefficient (Wildman–Crippen LogP) is 0.571. The predicted molar refractivity (Wildman–Crippen MR) is 70.5 cm³/mol. The van der Waals surface area contributed by atoms with E-state index in [-0.39, 0.29) is 19.0 Å². The van der Waals surface area contributed by atoms with Gasteiger partial charge in [-0.1, -0.05) is 13.8 Å². The van der Waals surface area contributed by atoms with Gasteiger partial charge < -0.3 is 15.1 Å². The van der Waals surface area contributed by atoms with Gasteiger partial charge in [0.15, 0.2) is 0 Å². The smallest absolute Gasteiger partial charge is 0.327 e. The Hall–Kier alpha value is -1.14. The van der Waals surface area contributed by atoms with Gasteiger partial charge in [-0.05, 0) is 26.7 Å². The molecule has 0 spiro atoms. The highest BCUT2D eigenvalue weighted by Gasteiger charge is 2.55. The van der Waals surface area contributed by atoms with Crippen LogP contribution in [0.3, 0.4) is 0 Å². The topological polar surface area (TPSA) is 81.1 Å². The number of carbonyl (C=O) groups excluding carboxylic acids is 2. The van der Waals surface area contributed by atoms with Crippen molar-refractivity contribution >= 4 is 11.9 Å². The SMILES string of the molecule is CCC1(CC)C(=O)N(CC(C)O)C(=O)N1CC(C)O. The van der Waals surface area contributed by atoms with Gasteiger partial charge in [0.2, 0.25) is 0 Å². The summed E-state index contributed by atoms with van der Waals surface area (Å²) in [5.74, 6) is -0.274. The Bertz CT molecular complexity index is 351. The number of hydrogen-bond acceptors (Lipinski definition) is 4. The molecule has 2 unspecified atom stereocenters. The van der Waals surface area contributed by atoms with E-state index in [0.717, 1.165) is 4.90 Å². The molecule has 0 bridgehead atoms. The van der Waals surface area contributed by atoms with Crippen molar-refractivity contribution in [3.05, 3.63) is 0 Å². The minimum Gasteiger partial charge on any atom is -0.392 e. The molecule has 2 N–H and O–H groups in total. The van der Waals surface area contributed by atoms with Crippen LogP contribution in [0.15, 0.2) is 0 Å². The van der Waals surface area contributed by atoms with Gasteiger partial charge in [0.1, 0.15) is 5.54 Å². The lowest BCUT2D eigenvalue weighted by Gasteiger charge is -2.34. The number of amides is 3. The average molecular weight is 272 g/mol. The molecular weight excluding hydrogens is 248 g/mol. The first kappa shape index (κ1) is 15.9. The van der Waals surface area contributed by atoms with Crippen molar-refractivity contribution in [2.75, 3.05) is 13.1 Å². The number of β-amino-alcohol motifs (C(OH)–C–C–N with tert-alkyl or cyclic N) is 2. The van der Waals surface area contributed by atoms with Gasteiger partial charge in [-0.25, -0.2) is 4.79 Å². The van der Waals surface area contributed by atoms with Crippen molar-refractivity contribution in [3.63, 3.8) is 0 Å². The molecule has 1 aliphatic rings. The minimum absolute atomic E-state index is 0.00424. The molecule has 0 radical (unpaired) electrons. The summed E-state index contributed by atoms with van der Waals surface area (Å²) in [7, 11) is 0. The number of aliphatic hydroxyl groups is 2. The average Bonchev–Trinajstić information content (AvgIpc) is 2.51. The van der Waals surface area contributed by atoms with E-state index in [1.165, 1.54) is 11.8 Å². The van der Waals surface area contributed by atoms with E-state index in [1.807, 2.05) is 13.8 Å². The number of urea groups is 1. The first-order valence-corrected chi connectivity index (χ1v) is 6.79. The van der Waals surface area contributed by atoms with Crippen molar-refractivity contribution in [3.8, 4) is 0 Å². The molecule has 1 aliphatic heterocycles. The number of nitrogens with zero attached hydrogens (tertiary/aromatic N) is 2. The summed E-state index contributed by atoms with van der Waals surface area (Å²) in [5, 5.41) is 19.0. The number of hydrogen-bond donors (Lipinski definition) is 2. The molecular formula is C13H24N2O4. The van der Waals surface area contributed by atoms with Crippen LogP contribution in [0.5, 0.6) is 0 Å². The van der Waals surface area contributed by atoms with Gasteiger partial charge in [-0.15, -0.1) is 0 Å². The second-order valence-corrected chi connectivity index (χ2v) is 5.25. The summed E-state index contributed by atoms with van der Waals surface area (Å²) in [6, 6.07) is -0.421. The molecule has 0 aliphatic carbocycles. The molecule has 1 rings (SSSR count). The summed E-state index contributed by atoms with van der Waals surface area (Å²) in [6.45, 7) is 6.96. The molecule has 6 nitrogen and oxygen atoms in total. The zero-order chi connectivity index (χ0) is 14.8. The molecule has 1 heterocycles. The number of imide groups is 1. The Morgan fingerprint density at radius 3 is 1.89 bits per heavy atom. The fourth-order valence-corrected chi connectivity index (χ4v) is 2.66. The van der Waals surface area contributed by atoms with E-state index in [4.69, 9.17) is 0 Å². The lowest BCUT2D eigenvalue weighted by atomic mass is 9.90. The Labute approximate surface area is 114 Å². The third kappa shape index (κ3) is 2.74. The van der Waals surface area contributed by atoms with E-state index in [9.17, 15) is 19.8 Å². The molecule has 6 heteroatoms. The second kappa shape index (κ2) is 5.88. The van der Waals surface area contributed by atoms with Crippen LogP contribution in [0.25, 0.3) is 0 Å². The van der Waals surface area contributed by atoms with Gasteiger partial charge in [0.05, 0.1) is 18.8 Å². The standard InChI is InChI=1S/C13H24N2O4/c1-5-13(6-2)11(18)14(7-9(3)16)12(19)15(13)8-10(4)17/h9-10,16-17H,5-8H2,1-4H3. The van der Waals surface area contributed by atoms with Crippen LogP contribution in [0.1, 0.15) is 40.5 Å². The normalized spacial score (nSPS) is 22.0. The van der Waals surface area contributed by atoms with E-state index >= 15 is 0 Å². The maximum atomic E-state index is 12.5. The van der Waals surface area contributed by atoms with Crippen LogP contribution in [-0.2, 0) is 4.79 Å². The van der Waals surface area contributed by atoms with Crippen LogP contribution in [-0.4, -0.2) is 62.8 Å². The highest BCUT2D eigenvalue weighted by atomic mass is 16.3. The quantitative estimate of drug-likeness (QED) is 0.693. The molecule has 0 aromatic heterocycles. The van der Waals surface area contributed by atoms with Gasteiger partial charge in [0.25, 0.3) is 5.91 Å². The number of aliphatic hydroxyl groups excluding tert-OH is 2. The summed E-state index contributed by atoms with van der Waals surface area (Å²) >= 11 is 0. The summed E-state index contributed by atoms with van der Waals surface area (Å²) in [6.07, 6.45) is -0.458. The molecule has 2 atom stereocenters. The Morgan fingerprint density at radius 1 is 1.05 bits per heavy atom. The highest BCUT2D eigenvalue weighted by Crippen LogP contribution is 2.34. The highest BCUT2D eigenvalue weighted by molar-refractivity contribution is 6.07. The lowest BCUT2D eigenvalue weighted by Crippen LogP contribution is -2.51. The Kier molecular flexibility index (Phi) is 4.92. The molecule has 19 heavy (non-hydrogen) atoms. The molecule has 1 fully saturated rings. The van der Waals surface area contributed by atoms with Crippen LogP contribution < -0.4 is 0 Å². The maximum Gasteiger partial charge on any atom is 0.327 e. The van der Waals surface area contributed by atoms with Crippen molar-refractivity contribution in [2.24, 2.45) is 0 Å². The van der Waals surface area contributed by atoms with Crippen molar-refractivity contribution in [1.82, 2.24) is 9.80 Å². The third-order valence-corrected chi connectivity index (χ3v) is 3.69. The van der Waals surface area contributed by atoms with E-state index in [0.29, 0.717) is 12.8 Å². The lowest BCUT2D eigenvalue weighted by molar-refractivity contribution is -0.134. The Balaban J connectivity index is 3.12. The van der Waals surface area contributed by atoms with Crippen LogP contribution >= 0.6 is 0 Å². The first-order valence-electron chi connectivity index (χ1n) is 6.79.